The molecule has 0 fully saturated rings. The first kappa shape index (κ1) is 24.1. The van der Waals surface area contributed by atoms with Gasteiger partial charge in [-0.05, 0) is 0 Å². The zero-order valence-corrected chi connectivity index (χ0v) is 12.6. The summed E-state index contributed by atoms with van der Waals surface area (Å²) >= 11 is 0. The Morgan fingerprint density at radius 1 is 1.00 bits per heavy atom. The van der Waals surface area contributed by atoms with Crippen LogP contribution in [0.5, 0.6) is 0 Å². The number of hydrogen-bond donors (Lipinski definition) is 0. The van der Waals surface area contributed by atoms with E-state index in [2.05, 4.69) is 0 Å². The molecule has 0 aromatic heterocycles. The van der Waals surface area contributed by atoms with Crippen LogP contribution in [0.2, 0.25) is 0 Å². The molecule has 0 bridgehead atoms. The summed E-state index contributed by atoms with van der Waals surface area (Å²) in [5, 5.41) is 0. The summed E-state index contributed by atoms with van der Waals surface area (Å²) in [6.45, 7) is 0. The molecule has 4 heavy (non-hydrogen) atoms. The summed E-state index contributed by atoms with van der Waals surface area (Å²) in [6, 6.07) is 0. The Labute approximate surface area is 127 Å². The average Bonchev–Trinajstić information content (AvgIpc) is 0. The minimum atomic E-state index is 0. The van der Waals surface area contributed by atoms with Crippen molar-refractivity contribution in [2.24, 2.45) is 0 Å². The molecule has 0 unspecified atom stereocenters. The van der Waals surface area contributed by atoms with Crippen LogP contribution in [-0.4, -0.2) is 51.4 Å². The fourth-order valence-corrected chi connectivity index (χ4v) is 0. The average molecular weight is 419 g/mol. The monoisotopic (exact) mass is 419 g/mol. The number of hydrogen-bond acceptors (Lipinski definition) is 0. The van der Waals surface area contributed by atoms with Crippen molar-refractivity contribution in [2.75, 3.05) is 0 Å². The van der Waals surface area contributed by atoms with E-state index >= 15 is 0 Å². The van der Waals surface area contributed by atoms with Crippen LogP contribution in [0.15, 0.2) is 0 Å². The first-order valence-corrected chi connectivity index (χ1v) is 0. The van der Waals surface area contributed by atoms with Crippen molar-refractivity contribution < 1.29 is 79.9 Å². The SMILES string of the molecule is [Ce].[Fe].[K].[W]. The van der Waals surface area contributed by atoms with Crippen molar-refractivity contribution in [1.82, 2.24) is 0 Å². The fourth-order valence-electron chi connectivity index (χ4n) is 0. The maximum absolute atomic E-state index is 0. The first-order valence-electron chi connectivity index (χ1n) is 0. The Hall–Kier alpha value is 4.22. The maximum Gasteiger partial charge on any atom is 0 e. The van der Waals surface area contributed by atoms with Gasteiger partial charge in [-0.15, -0.1) is 0 Å². The van der Waals surface area contributed by atoms with E-state index in [4.69, 9.17) is 0 Å². The molecule has 19 valence electrons. The molecule has 0 spiro atoms. The minimum absolute atomic E-state index is 0. The summed E-state index contributed by atoms with van der Waals surface area (Å²) in [4.78, 5) is 0. The Bertz CT molecular complexity index is 8.00. The molecule has 0 nitrogen and oxygen atoms in total. The van der Waals surface area contributed by atoms with Crippen LogP contribution < -0.4 is 0 Å². The third-order valence-electron chi connectivity index (χ3n) is 0. The molecule has 0 atom stereocenters. The van der Waals surface area contributed by atoms with E-state index in [1.165, 1.54) is 0 Å². The molecule has 0 aliphatic heterocycles. The van der Waals surface area contributed by atoms with Gasteiger partial charge in [-0.1, -0.05) is 0 Å². The second-order valence-corrected chi connectivity index (χ2v) is 0. The molecule has 0 N–H and O–H groups in total. The van der Waals surface area contributed by atoms with Crippen molar-refractivity contribution >= 4 is 51.4 Å². The summed E-state index contributed by atoms with van der Waals surface area (Å²) in [5.74, 6) is 0. The maximum atomic E-state index is 0. The zero-order valence-electron chi connectivity index (χ0n) is 2.26. The van der Waals surface area contributed by atoms with Gasteiger partial charge in [0.1, 0.15) is 0 Å². The third kappa shape index (κ3) is 9.52. The number of rotatable bonds is 0. The fraction of sp³-hybridized carbons (Fsp3) is 0. The molecular weight excluding hydrogens is 419 g/mol. The van der Waals surface area contributed by atoms with Crippen molar-refractivity contribution in [2.45, 2.75) is 0 Å². The van der Waals surface area contributed by atoms with E-state index in [9.17, 15) is 0 Å². The van der Waals surface area contributed by atoms with E-state index in [1.54, 1.807) is 0 Å². The van der Waals surface area contributed by atoms with Crippen molar-refractivity contribution in [3.05, 3.63) is 0 Å². The van der Waals surface area contributed by atoms with Crippen LogP contribution in [-0.2, 0) is 38.1 Å². The van der Waals surface area contributed by atoms with Gasteiger partial charge in [-0.25, -0.2) is 0 Å². The third-order valence-corrected chi connectivity index (χ3v) is 0. The van der Waals surface area contributed by atoms with Crippen molar-refractivity contribution in [1.29, 1.82) is 0 Å². The summed E-state index contributed by atoms with van der Waals surface area (Å²) in [7, 11) is 0. The van der Waals surface area contributed by atoms with E-state index in [1.807, 2.05) is 0 Å². The van der Waals surface area contributed by atoms with Gasteiger partial charge < -0.3 is 0 Å². The topological polar surface area (TPSA) is 0 Å². The molecule has 0 aliphatic rings. The molecule has 0 aromatic carbocycles. The van der Waals surface area contributed by atoms with Gasteiger partial charge in [-0.3, -0.25) is 0 Å². The van der Waals surface area contributed by atoms with Gasteiger partial charge in [0, 0.05) is 131 Å². The Balaban J connectivity index is 0. The van der Waals surface area contributed by atoms with Gasteiger partial charge in [0.05, 0.1) is 0 Å². The molecule has 0 saturated carbocycles. The van der Waals surface area contributed by atoms with E-state index < -0.39 is 0 Å². The van der Waals surface area contributed by atoms with Crippen LogP contribution in [0, 0.1) is 41.7 Å². The van der Waals surface area contributed by atoms with Gasteiger partial charge in [-0.2, -0.15) is 0 Å². The van der Waals surface area contributed by atoms with Crippen molar-refractivity contribution in [3.63, 3.8) is 0 Å². The second-order valence-electron chi connectivity index (χ2n) is 0. The molecule has 0 heterocycles. The molecule has 0 saturated heterocycles. The quantitative estimate of drug-likeness (QED) is 0.470. The predicted octanol–water partition coefficient (Wildman–Crippen LogP) is -0.386. The van der Waals surface area contributed by atoms with E-state index in [0.717, 1.165) is 0 Å². The first-order chi connectivity index (χ1) is 0. The van der Waals surface area contributed by atoms with Gasteiger partial charge in [0.15, 0.2) is 0 Å². The standard InChI is InChI=1S/Ce.Fe.K.W. The van der Waals surface area contributed by atoms with Crippen LogP contribution in [0.25, 0.3) is 0 Å². The van der Waals surface area contributed by atoms with Crippen LogP contribution in [0.3, 0.4) is 0 Å². The van der Waals surface area contributed by atoms with Crippen molar-refractivity contribution in [3.8, 4) is 0 Å². The smallest absolute Gasteiger partial charge is 0 e. The summed E-state index contributed by atoms with van der Waals surface area (Å²) in [5.41, 5.74) is 0. The van der Waals surface area contributed by atoms with Gasteiger partial charge in [0.25, 0.3) is 0 Å². The predicted molar refractivity (Wildman–Crippen MR) is 5.75 cm³/mol. The molecular formula is CeFeKW. The van der Waals surface area contributed by atoms with Gasteiger partial charge >= 0.3 is 0 Å². The summed E-state index contributed by atoms with van der Waals surface area (Å²) < 4.78 is 0. The van der Waals surface area contributed by atoms with Crippen LogP contribution >= 0.6 is 0 Å². The minimum Gasteiger partial charge on any atom is 0 e. The van der Waals surface area contributed by atoms with Crippen LogP contribution in [0.1, 0.15) is 0 Å². The Morgan fingerprint density at radius 2 is 1.00 bits per heavy atom. The molecule has 0 aromatic rings. The molecule has 0 amide bonds. The molecule has 4 heteroatoms. The Kier molecular flexibility index (Phi) is 94.3. The Morgan fingerprint density at radius 3 is 1.00 bits per heavy atom. The molecule has 0 aliphatic carbocycles. The van der Waals surface area contributed by atoms with Crippen LogP contribution in [0.4, 0.5) is 0 Å². The van der Waals surface area contributed by atoms with E-state index in [-0.39, 0.29) is 131 Å². The van der Waals surface area contributed by atoms with E-state index in [0.29, 0.717) is 0 Å². The largest absolute Gasteiger partial charge is 0 e. The second kappa shape index (κ2) is 15.7. The molecule has 0 rings (SSSR count). The summed E-state index contributed by atoms with van der Waals surface area (Å²) in [6.07, 6.45) is 0. The van der Waals surface area contributed by atoms with Gasteiger partial charge in [0.2, 0.25) is 0 Å². The molecule has 1 radical (unpaired) electrons. The normalized spacial score (nSPS) is 0. The zero-order chi connectivity index (χ0) is 0.